The molecule has 5 nitrogen and oxygen atoms in total. The summed E-state index contributed by atoms with van der Waals surface area (Å²) >= 11 is 12.0. The van der Waals surface area contributed by atoms with E-state index < -0.39 is 0 Å². The van der Waals surface area contributed by atoms with Crippen LogP contribution in [-0.2, 0) is 4.79 Å². The molecule has 2 aromatic carbocycles. The third-order valence-corrected chi connectivity index (χ3v) is 4.94. The highest BCUT2D eigenvalue weighted by molar-refractivity contribution is 6.36. The standard InChI is InChI=1S/C22H21Cl2N3O2/c1-3-10-27(13-21(28)26-20-9-8-15(23)12-18(20)24)22(29)17-11-14(2)25-19-7-5-4-6-16(17)19/h4-9,11-12H,3,10,13H2,1-2H3,(H,26,28). The van der Waals surface area contributed by atoms with Crippen LogP contribution in [0.2, 0.25) is 10.0 Å². The molecule has 0 aliphatic rings. The monoisotopic (exact) mass is 429 g/mol. The van der Waals surface area contributed by atoms with Crippen LogP contribution in [0.25, 0.3) is 10.9 Å². The van der Waals surface area contributed by atoms with Crippen molar-refractivity contribution in [2.75, 3.05) is 18.4 Å². The quantitative estimate of drug-likeness (QED) is 0.574. The lowest BCUT2D eigenvalue weighted by molar-refractivity contribution is -0.116. The lowest BCUT2D eigenvalue weighted by atomic mass is 10.1. The van der Waals surface area contributed by atoms with Crippen molar-refractivity contribution in [3.05, 3.63) is 69.8 Å². The molecule has 3 aromatic rings. The molecule has 0 saturated heterocycles. The largest absolute Gasteiger partial charge is 0.329 e. The van der Waals surface area contributed by atoms with Crippen LogP contribution in [0.4, 0.5) is 5.69 Å². The fourth-order valence-electron chi connectivity index (χ4n) is 3.13. The van der Waals surface area contributed by atoms with E-state index in [0.29, 0.717) is 27.8 Å². The molecule has 150 valence electrons. The molecule has 0 atom stereocenters. The van der Waals surface area contributed by atoms with E-state index in [9.17, 15) is 9.59 Å². The summed E-state index contributed by atoms with van der Waals surface area (Å²) in [7, 11) is 0. The molecular formula is C22H21Cl2N3O2. The van der Waals surface area contributed by atoms with E-state index >= 15 is 0 Å². The first-order valence-corrected chi connectivity index (χ1v) is 10.0. The minimum absolute atomic E-state index is 0.0820. The van der Waals surface area contributed by atoms with E-state index in [1.165, 1.54) is 0 Å². The third kappa shape index (κ3) is 5.05. The van der Waals surface area contributed by atoms with Gasteiger partial charge in [0.1, 0.15) is 6.54 Å². The van der Waals surface area contributed by atoms with Gasteiger partial charge in [-0.15, -0.1) is 0 Å². The first-order chi connectivity index (χ1) is 13.9. The van der Waals surface area contributed by atoms with E-state index in [0.717, 1.165) is 23.0 Å². The zero-order valence-corrected chi connectivity index (χ0v) is 17.7. The Morgan fingerprint density at radius 1 is 1.10 bits per heavy atom. The SMILES string of the molecule is CCCN(CC(=O)Nc1ccc(Cl)cc1Cl)C(=O)c1cc(C)nc2ccccc12. The van der Waals surface area contributed by atoms with E-state index in [2.05, 4.69) is 10.3 Å². The van der Waals surface area contributed by atoms with Crippen molar-refractivity contribution in [2.24, 2.45) is 0 Å². The predicted molar refractivity (Wildman–Crippen MR) is 118 cm³/mol. The topological polar surface area (TPSA) is 62.3 Å². The summed E-state index contributed by atoms with van der Waals surface area (Å²) < 4.78 is 0. The van der Waals surface area contributed by atoms with Gasteiger partial charge in [-0.05, 0) is 43.7 Å². The van der Waals surface area contributed by atoms with Crippen molar-refractivity contribution >= 4 is 51.6 Å². The maximum Gasteiger partial charge on any atom is 0.255 e. The first-order valence-electron chi connectivity index (χ1n) is 9.29. The van der Waals surface area contributed by atoms with Crippen LogP contribution in [0.3, 0.4) is 0 Å². The number of carbonyl (C=O) groups is 2. The van der Waals surface area contributed by atoms with Crippen molar-refractivity contribution in [1.29, 1.82) is 0 Å². The van der Waals surface area contributed by atoms with E-state index in [4.69, 9.17) is 23.2 Å². The number of benzene rings is 2. The fraction of sp³-hybridized carbons (Fsp3) is 0.227. The van der Waals surface area contributed by atoms with Crippen LogP contribution in [0.5, 0.6) is 0 Å². The van der Waals surface area contributed by atoms with Gasteiger partial charge in [0.15, 0.2) is 0 Å². The molecule has 0 fully saturated rings. The Balaban J connectivity index is 1.84. The number of amides is 2. The van der Waals surface area contributed by atoms with Crippen molar-refractivity contribution in [2.45, 2.75) is 20.3 Å². The molecule has 0 unspecified atom stereocenters. The highest BCUT2D eigenvalue weighted by Crippen LogP contribution is 2.25. The Morgan fingerprint density at radius 2 is 1.86 bits per heavy atom. The van der Waals surface area contributed by atoms with Crippen LogP contribution in [0.15, 0.2) is 48.5 Å². The zero-order valence-electron chi connectivity index (χ0n) is 16.2. The highest BCUT2D eigenvalue weighted by Gasteiger charge is 2.21. The average Bonchev–Trinajstić information content (AvgIpc) is 2.68. The number of halogens is 2. The molecule has 2 amide bonds. The molecule has 1 N–H and O–H groups in total. The van der Waals surface area contributed by atoms with Crippen molar-refractivity contribution in [3.63, 3.8) is 0 Å². The zero-order chi connectivity index (χ0) is 21.0. The number of fused-ring (bicyclic) bond motifs is 1. The molecule has 0 aliphatic carbocycles. The van der Waals surface area contributed by atoms with Gasteiger partial charge >= 0.3 is 0 Å². The Labute approximate surface area is 179 Å². The number of carbonyl (C=O) groups excluding carboxylic acids is 2. The number of hydrogen-bond donors (Lipinski definition) is 1. The minimum Gasteiger partial charge on any atom is -0.329 e. The van der Waals surface area contributed by atoms with Gasteiger partial charge in [0.05, 0.1) is 21.8 Å². The first kappa shape index (κ1) is 21.1. The lowest BCUT2D eigenvalue weighted by Crippen LogP contribution is -2.38. The number of hydrogen-bond acceptors (Lipinski definition) is 3. The molecule has 1 heterocycles. The van der Waals surface area contributed by atoms with Crippen molar-refractivity contribution in [1.82, 2.24) is 9.88 Å². The van der Waals surface area contributed by atoms with Gasteiger partial charge in [0.2, 0.25) is 5.91 Å². The van der Waals surface area contributed by atoms with Gasteiger partial charge < -0.3 is 10.2 Å². The molecule has 0 radical (unpaired) electrons. The van der Waals surface area contributed by atoms with Crippen molar-refractivity contribution in [3.8, 4) is 0 Å². The summed E-state index contributed by atoms with van der Waals surface area (Å²) in [4.78, 5) is 31.9. The van der Waals surface area contributed by atoms with Crippen LogP contribution in [0.1, 0.15) is 29.4 Å². The molecule has 7 heteroatoms. The second kappa shape index (κ2) is 9.25. The summed E-state index contributed by atoms with van der Waals surface area (Å²) in [6.45, 7) is 4.18. The highest BCUT2D eigenvalue weighted by atomic mass is 35.5. The van der Waals surface area contributed by atoms with Gasteiger partial charge in [0, 0.05) is 22.6 Å². The van der Waals surface area contributed by atoms with Crippen LogP contribution in [0, 0.1) is 6.92 Å². The Kier molecular flexibility index (Phi) is 6.72. The second-order valence-corrected chi connectivity index (χ2v) is 7.57. The van der Waals surface area contributed by atoms with E-state index in [1.54, 1.807) is 29.2 Å². The average molecular weight is 430 g/mol. The lowest BCUT2D eigenvalue weighted by Gasteiger charge is -2.23. The second-order valence-electron chi connectivity index (χ2n) is 6.73. The van der Waals surface area contributed by atoms with Gasteiger partial charge in [-0.25, -0.2) is 0 Å². The number of anilines is 1. The van der Waals surface area contributed by atoms with Gasteiger partial charge in [0.25, 0.3) is 5.91 Å². The van der Waals surface area contributed by atoms with Gasteiger partial charge in [-0.2, -0.15) is 0 Å². The molecule has 3 rings (SSSR count). The summed E-state index contributed by atoms with van der Waals surface area (Å²) in [5.74, 6) is -0.531. The Bertz CT molecular complexity index is 1070. The van der Waals surface area contributed by atoms with E-state index in [1.807, 2.05) is 38.1 Å². The maximum absolute atomic E-state index is 13.3. The molecule has 0 aliphatic heterocycles. The van der Waals surface area contributed by atoms with Gasteiger partial charge in [-0.3, -0.25) is 14.6 Å². The smallest absolute Gasteiger partial charge is 0.255 e. The molecular weight excluding hydrogens is 409 g/mol. The predicted octanol–water partition coefficient (Wildman–Crippen LogP) is 5.34. The fourth-order valence-corrected chi connectivity index (χ4v) is 3.59. The molecule has 29 heavy (non-hydrogen) atoms. The van der Waals surface area contributed by atoms with Crippen molar-refractivity contribution < 1.29 is 9.59 Å². The summed E-state index contributed by atoms with van der Waals surface area (Å²) in [5.41, 5.74) is 2.50. The number of nitrogens with one attached hydrogen (secondary N) is 1. The normalized spacial score (nSPS) is 10.8. The van der Waals surface area contributed by atoms with Gasteiger partial charge in [-0.1, -0.05) is 48.3 Å². The summed E-state index contributed by atoms with van der Waals surface area (Å²) in [6, 6.07) is 14.1. The number of aromatic nitrogens is 1. The number of rotatable bonds is 6. The van der Waals surface area contributed by atoms with Crippen LogP contribution < -0.4 is 5.32 Å². The molecule has 0 saturated carbocycles. The maximum atomic E-state index is 13.3. The number of para-hydroxylation sites is 1. The Hall–Kier alpha value is -2.63. The summed E-state index contributed by atoms with van der Waals surface area (Å²) in [5, 5.41) is 4.34. The number of aryl methyl sites for hydroxylation is 1. The minimum atomic E-state index is -0.328. The van der Waals surface area contributed by atoms with Crippen LogP contribution >= 0.6 is 23.2 Å². The molecule has 1 aromatic heterocycles. The third-order valence-electron chi connectivity index (χ3n) is 4.40. The van der Waals surface area contributed by atoms with Crippen LogP contribution in [-0.4, -0.2) is 34.8 Å². The number of pyridine rings is 1. The molecule has 0 spiro atoms. The van der Waals surface area contributed by atoms with E-state index in [-0.39, 0.29) is 18.4 Å². The Morgan fingerprint density at radius 3 is 2.59 bits per heavy atom. The summed E-state index contributed by atoms with van der Waals surface area (Å²) in [6.07, 6.45) is 0.725. The molecule has 0 bridgehead atoms. The number of nitrogens with zero attached hydrogens (tertiary/aromatic N) is 2.